The predicted molar refractivity (Wildman–Crippen MR) is 83.1 cm³/mol. The molecular weight excluding hydrogens is 341 g/mol. The van der Waals surface area contributed by atoms with Gasteiger partial charge in [-0.3, -0.25) is 4.79 Å². The lowest BCUT2D eigenvalue weighted by molar-refractivity contribution is -0.163. The van der Waals surface area contributed by atoms with Crippen LogP contribution in [0.3, 0.4) is 0 Å². The minimum Gasteiger partial charge on any atom is -0.459 e. The normalized spacial score (nSPS) is 32.1. The fourth-order valence-corrected chi connectivity index (χ4v) is 2.81. The minimum absolute atomic E-state index is 0.0806. The smallest absolute Gasteiger partial charge is 0.319 e. The van der Waals surface area contributed by atoms with E-state index in [1.807, 2.05) is 6.92 Å². The van der Waals surface area contributed by atoms with Crippen molar-refractivity contribution < 1.29 is 9.53 Å². The number of hydrogen-bond acceptors (Lipinski definition) is 3. The highest BCUT2D eigenvalue weighted by molar-refractivity contribution is 14.1. The summed E-state index contributed by atoms with van der Waals surface area (Å²) in [5, 5.41) is 0. The minimum atomic E-state index is -0.361. The highest BCUT2D eigenvalue weighted by Gasteiger charge is 2.40. The third-order valence-electron chi connectivity index (χ3n) is 4.31. The lowest BCUT2D eigenvalue weighted by atomic mass is 9.77. The van der Waals surface area contributed by atoms with Crippen molar-refractivity contribution in [2.45, 2.75) is 69.1 Å². The van der Waals surface area contributed by atoms with E-state index in [4.69, 9.17) is 4.74 Å². The number of rotatable bonds is 3. The molecule has 0 aromatic rings. The van der Waals surface area contributed by atoms with Gasteiger partial charge in [-0.1, -0.05) is 22.6 Å². The topological polar surface area (TPSA) is 29.5 Å². The summed E-state index contributed by atoms with van der Waals surface area (Å²) in [5.74, 6) is 0.345. The zero-order chi connectivity index (χ0) is 14.1. The number of piperidine rings is 1. The summed E-state index contributed by atoms with van der Waals surface area (Å²) in [6.45, 7) is 10.5. The molecule has 1 heterocycles. The van der Waals surface area contributed by atoms with Crippen LogP contribution in [0.5, 0.6) is 0 Å². The molecule has 1 aliphatic heterocycles. The predicted octanol–water partition coefficient (Wildman–Crippen LogP) is 3.25. The number of ether oxygens (including phenoxy) is 1. The Bertz CT molecular complexity index is 292. The van der Waals surface area contributed by atoms with Gasteiger partial charge in [0, 0.05) is 18.0 Å². The van der Waals surface area contributed by atoms with Gasteiger partial charge in [-0.05, 0) is 54.5 Å². The third kappa shape index (κ3) is 3.83. The van der Waals surface area contributed by atoms with Gasteiger partial charge in [0.15, 0.2) is 0 Å². The third-order valence-corrected chi connectivity index (χ3v) is 4.82. The van der Waals surface area contributed by atoms with Crippen LogP contribution in [0.4, 0.5) is 0 Å². The average Bonchev–Trinajstić information content (AvgIpc) is 2.24. The first kappa shape index (κ1) is 16.2. The second kappa shape index (κ2) is 6.07. The van der Waals surface area contributed by atoms with E-state index in [9.17, 15) is 4.79 Å². The summed E-state index contributed by atoms with van der Waals surface area (Å²) in [6.07, 6.45) is 2.19. The Morgan fingerprint density at radius 1 is 1.33 bits per heavy atom. The van der Waals surface area contributed by atoms with Gasteiger partial charge in [0.1, 0.15) is 9.53 Å². The molecule has 1 saturated heterocycles. The Hall–Kier alpha value is 0.160. The first-order valence-electron chi connectivity index (χ1n) is 6.74. The lowest BCUT2D eigenvalue weighted by Crippen LogP contribution is -2.50. The van der Waals surface area contributed by atoms with Gasteiger partial charge in [0.2, 0.25) is 0 Å². The molecule has 1 aliphatic rings. The molecule has 1 rings (SSSR count). The summed E-state index contributed by atoms with van der Waals surface area (Å²) in [6, 6.07) is 1.10. The zero-order valence-electron chi connectivity index (χ0n) is 12.4. The molecule has 3 unspecified atom stereocenters. The first-order valence-corrected chi connectivity index (χ1v) is 7.98. The van der Waals surface area contributed by atoms with Crippen LogP contribution < -0.4 is 0 Å². The molecule has 3 nitrogen and oxygen atoms in total. The Morgan fingerprint density at radius 2 is 1.78 bits per heavy atom. The second-order valence-corrected chi connectivity index (χ2v) is 8.04. The van der Waals surface area contributed by atoms with Gasteiger partial charge < -0.3 is 9.64 Å². The fraction of sp³-hybridized carbons (Fsp3) is 0.929. The molecule has 106 valence electrons. The molecule has 18 heavy (non-hydrogen) atoms. The van der Waals surface area contributed by atoms with Crippen molar-refractivity contribution in [3.05, 3.63) is 0 Å². The number of alkyl halides is 1. The molecular formula is C14H26INO2. The van der Waals surface area contributed by atoms with Crippen molar-refractivity contribution >= 4 is 28.6 Å². The Morgan fingerprint density at radius 3 is 2.17 bits per heavy atom. The van der Waals surface area contributed by atoms with Crippen LogP contribution in [-0.4, -0.2) is 39.5 Å². The number of carbonyl (C=O) groups excluding carboxylic acids is 1. The van der Waals surface area contributed by atoms with Crippen molar-refractivity contribution in [1.82, 2.24) is 4.90 Å². The number of hydrogen-bond donors (Lipinski definition) is 0. The molecule has 0 N–H and O–H groups in total. The quantitative estimate of drug-likeness (QED) is 0.436. The number of likely N-dealkylation sites (tertiary alicyclic amines) is 1. The summed E-state index contributed by atoms with van der Waals surface area (Å²) in [7, 11) is 2.18. The highest BCUT2D eigenvalue weighted by atomic mass is 127. The molecule has 0 saturated carbocycles. The summed E-state index contributed by atoms with van der Waals surface area (Å²) < 4.78 is 5.63. The van der Waals surface area contributed by atoms with Gasteiger partial charge in [-0.15, -0.1) is 0 Å². The Labute approximate surface area is 125 Å². The first-order chi connectivity index (χ1) is 8.15. The zero-order valence-corrected chi connectivity index (χ0v) is 14.5. The highest BCUT2D eigenvalue weighted by Crippen LogP contribution is 2.36. The van der Waals surface area contributed by atoms with E-state index in [0.29, 0.717) is 18.0 Å². The largest absolute Gasteiger partial charge is 0.459 e. The van der Waals surface area contributed by atoms with E-state index in [1.165, 1.54) is 0 Å². The van der Waals surface area contributed by atoms with E-state index >= 15 is 0 Å². The van der Waals surface area contributed by atoms with Crippen molar-refractivity contribution in [3.63, 3.8) is 0 Å². The van der Waals surface area contributed by atoms with Crippen LogP contribution >= 0.6 is 22.6 Å². The number of halogens is 1. The number of esters is 1. The maximum absolute atomic E-state index is 11.8. The van der Waals surface area contributed by atoms with Crippen LogP contribution in [0.15, 0.2) is 0 Å². The molecule has 1 fully saturated rings. The van der Waals surface area contributed by atoms with E-state index < -0.39 is 0 Å². The molecule has 0 spiro atoms. The Balaban J connectivity index is 2.70. The van der Waals surface area contributed by atoms with Crippen LogP contribution in [0.25, 0.3) is 0 Å². The van der Waals surface area contributed by atoms with Gasteiger partial charge >= 0.3 is 5.97 Å². The van der Waals surface area contributed by atoms with Gasteiger partial charge in [-0.2, -0.15) is 0 Å². The van der Waals surface area contributed by atoms with Crippen LogP contribution in [0.2, 0.25) is 0 Å². The molecule has 0 radical (unpaired) electrons. The Kier molecular flexibility index (Phi) is 5.47. The van der Waals surface area contributed by atoms with Crippen LogP contribution in [0, 0.1) is 5.92 Å². The second-order valence-electron chi connectivity index (χ2n) is 6.17. The molecule has 0 amide bonds. The van der Waals surface area contributed by atoms with E-state index in [-0.39, 0.29) is 15.5 Å². The van der Waals surface area contributed by atoms with E-state index in [2.05, 4.69) is 62.2 Å². The molecule has 3 atom stereocenters. The molecule has 0 aromatic carbocycles. The molecule has 4 heteroatoms. The summed E-state index contributed by atoms with van der Waals surface area (Å²) >= 11 is 2.11. The maximum Gasteiger partial charge on any atom is 0.319 e. The van der Waals surface area contributed by atoms with Gasteiger partial charge in [0.05, 0.1) is 0 Å². The standard InChI is InChI=1S/C14H26INO2/c1-9-7-12(8-10(2)16(9)6)14(4,5)18-13(17)11(3)15/h9-12H,7-8H2,1-6H3. The van der Waals surface area contributed by atoms with Gasteiger partial charge in [-0.25, -0.2) is 0 Å². The van der Waals surface area contributed by atoms with Crippen molar-refractivity contribution in [2.24, 2.45) is 5.92 Å². The average molecular weight is 367 g/mol. The van der Waals surface area contributed by atoms with Gasteiger partial charge in [0.25, 0.3) is 0 Å². The van der Waals surface area contributed by atoms with Crippen molar-refractivity contribution in [2.75, 3.05) is 7.05 Å². The lowest BCUT2D eigenvalue weighted by Gasteiger charge is -2.45. The van der Waals surface area contributed by atoms with Crippen molar-refractivity contribution in [1.29, 1.82) is 0 Å². The molecule has 0 bridgehead atoms. The van der Waals surface area contributed by atoms with Crippen molar-refractivity contribution in [3.8, 4) is 0 Å². The monoisotopic (exact) mass is 367 g/mol. The summed E-state index contributed by atoms with van der Waals surface area (Å²) in [5.41, 5.74) is -0.361. The molecule has 0 aromatic heterocycles. The number of carbonyl (C=O) groups is 1. The van der Waals surface area contributed by atoms with Crippen LogP contribution in [0.1, 0.15) is 47.5 Å². The van der Waals surface area contributed by atoms with E-state index in [0.717, 1.165) is 12.8 Å². The van der Waals surface area contributed by atoms with Crippen LogP contribution in [-0.2, 0) is 9.53 Å². The SMILES string of the molecule is CC(I)C(=O)OC(C)(C)C1CC(C)N(C)C(C)C1. The molecule has 0 aliphatic carbocycles. The van der Waals surface area contributed by atoms with E-state index in [1.54, 1.807) is 0 Å². The fourth-order valence-electron chi connectivity index (χ4n) is 2.68. The maximum atomic E-state index is 11.8. The summed E-state index contributed by atoms with van der Waals surface area (Å²) in [4.78, 5) is 14.2. The number of nitrogens with zero attached hydrogens (tertiary/aromatic N) is 1.